The minimum Gasteiger partial charge on any atom is -0.480 e. The van der Waals surface area contributed by atoms with Gasteiger partial charge in [0.1, 0.15) is 5.54 Å². The van der Waals surface area contributed by atoms with Crippen LogP contribution in [-0.4, -0.2) is 40.6 Å². The Balaban J connectivity index is 1.99. The highest BCUT2D eigenvalue weighted by molar-refractivity contribution is 5.78. The molecule has 0 amide bonds. The summed E-state index contributed by atoms with van der Waals surface area (Å²) in [5.41, 5.74) is 4.94. The molecule has 4 nitrogen and oxygen atoms in total. The SMILES string of the molecule is CN(C1CC1)C1CCCC(N)(C(=O)O)C1. The normalized spacial score (nSPS) is 36.9. The van der Waals surface area contributed by atoms with Gasteiger partial charge in [0, 0.05) is 12.1 Å². The number of rotatable bonds is 3. The van der Waals surface area contributed by atoms with Gasteiger partial charge >= 0.3 is 5.97 Å². The first-order valence-corrected chi connectivity index (χ1v) is 5.77. The Labute approximate surface area is 90.4 Å². The summed E-state index contributed by atoms with van der Waals surface area (Å²) in [6.07, 6.45) is 5.78. The van der Waals surface area contributed by atoms with Gasteiger partial charge in [0.25, 0.3) is 0 Å². The fourth-order valence-electron chi connectivity index (χ4n) is 2.60. The summed E-state index contributed by atoms with van der Waals surface area (Å²) in [4.78, 5) is 13.4. The zero-order valence-electron chi connectivity index (χ0n) is 9.28. The molecule has 0 bridgehead atoms. The molecule has 0 aromatic rings. The van der Waals surface area contributed by atoms with Gasteiger partial charge in [-0.3, -0.25) is 4.79 Å². The quantitative estimate of drug-likeness (QED) is 0.726. The Morgan fingerprint density at radius 2 is 2.07 bits per heavy atom. The number of hydrogen-bond acceptors (Lipinski definition) is 3. The number of carboxylic acids is 1. The lowest BCUT2D eigenvalue weighted by molar-refractivity contribution is -0.145. The average molecular weight is 212 g/mol. The second-order valence-electron chi connectivity index (χ2n) is 5.11. The molecule has 2 atom stereocenters. The Morgan fingerprint density at radius 3 is 2.60 bits per heavy atom. The van der Waals surface area contributed by atoms with E-state index in [9.17, 15) is 4.79 Å². The first-order valence-electron chi connectivity index (χ1n) is 5.77. The minimum atomic E-state index is -0.980. The topological polar surface area (TPSA) is 66.6 Å². The maximum atomic E-state index is 11.1. The van der Waals surface area contributed by atoms with Crippen LogP contribution in [0.4, 0.5) is 0 Å². The zero-order valence-corrected chi connectivity index (χ0v) is 9.28. The van der Waals surface area contributed by atoms with Crippen molar-refractivity contribution in [2.45, 2.75) is 56.1 Å². The molecule has 86 valence electrons. The number of hydrogen-bond donors (Lipinski definition) is 2. The van der Waals surface area contributed by atoms with Gasteiger partial charge in [-0.05, 0) is 45.6 Å². The lowest BCUT2D eigenvalue weighted by Crippen LogP contribution is -2.55. The molecule has 0 aliphatic heterocycles. The average Bonchev–Trinajstić information content (AvgIpc) is 3.00. The molecule has 0 aromatic carbocycles. The largest absolute Gasteiger partial charge is 0.480 e. The van der Waals surface area contributed by atoms with Gasteiger partial charge in [0.05, 0.1) is 0 Å². The predicted octanol–water partition coefficient (Wildman–Crippen LogP) is 0.805. The fourth-order valence-corrected chi connectivity index (χ4v) is 2.60. The van der Waals surface area contributed by atoms with E-state index in [2.05, 4.69) is 11.9 Å². The van der Waals surface area contributed by atoms with Gasteiger partial charge in [0.15, 0.2) is 0 Å². The summed E-state index contributed by atoms with van der Waals surface area (Å²) in [5.74, 6) is -0.837. The third-order valence-electron chi connectivity index (χ3n) is 3.88. The van der Waals surface area contributed by atoms with Crippen LogP contribution >= 0.6 is 0 Å². The molecule has 2 unspecified atom stereocenters. The molecular weight excluding hydrogens is 192 g/mol. The monoisotopic (exact) mass is 212 g/mol. The van der Waals surface area contributed by atoms with Crippen molar-refractivity contribution in [3.05, 3.63) is 0 Å². The summed E-state index contributed by atoms with van der Waals surface area (Å²) in [7, 11) is 2.11. The van der Waals surface area contributed by atoms with Crippen molar-refractivity contribution in [2.75, 3.05) is 7.05 Å². The van der Waals surface area contributed by atoms with E-state index in [0.717, 1.165) is 12.8 Å². The van der Waals surface area contributed by atoms with Gasteiger partial charge in [-0.1, -0.05) is 0 Å². The van der Waals surface area contributed by atoms with Crippen LogP contribution in [0.25, 0.3) is 0 Å². The summed E-state index contributed by atoms with van der Waals surface area (Å²) in [5, 5.41) is 9.11. The molecule has 4 heteroatoms. The number of carbonyl (C=O) groups is 1. The van der Waals surface area contributed by atoms with E-state index < -0.39 is 11.5 Å². The molecule has 2 fully saturated rings. The lowest BCUT2D eigenvalue weighted by Gasteiger charge is -2.39. The van der Waals surface area contributed by atoms with Crippen LogP contribution in [0.1, 0.15) is 38.5 Å². The van der Waals surface area contributed by atoms with E-state index in [-0.39, 0.29) is 0 Å². The standard InChI is InChI=1S/C11H20N2O2/c1-13(8-4-5-8)9-3-2-6-11(12,7-9)10(14)15/h8-9H,2-7,12H2,1H3,(H,14,15). The summed E-state index contributed by atoms with van der Waals surface area (Å²) in [6.45, 7) is 0. The van der Waals surface area contributed by atoms with E-state index in [1.165, 1.54) is 12.8 Å². The van der Waals surface area contributed by atoms with Crippen LogP contribution in [0, 0.1) is 0 Å². The van der Waals surface area contributed by atoms with Gasteiger partial charge in [-0.25, -0.2) is 0 Å². The highest BCUT2D eigenvalue weighted by Crippen LogP contribution is 2.35. The maximum absolute atomic E-state index is 11.1. The molecule has 2 saturated carbocycles. The molecule has 0 spiro atoms. The van der Waals surface area contributed by atoms with Crippen LogP contribution in [0.15, 0.2) is 0 Å². The highest BCUT2D eigenvalue weighted by Gasteiger charge is 2.42. The molecule has 0 aromatic heterocycles. The number of aliphatic carboxylic acids is 1. The first-order chi connectivity index (χ1) is 7.03. The fraction of sp³-hybridized carbons (Fsp3) is 0.909. The molecule has 0 saturated heterocycles. The smallest absolute Gasteiger partial charge is 0.323 e. The number of nitrogens with two attached hydrogens (primary N) is 1. The Bertz CT molecular complexity index is 265. The van der Waals surface area contributed by atoms with Crippen LogP contribution in [0.2, 0.25) is 0 Å². The Morgan fingerprint density at radius 1 is 1.40 bits per heavy atom. The number of nitrogens with zero attached hydrogens (tertiary/aromatic N) is 1. The molecule has 2 aliphatic carbocycles. The zero-order chi connectivity index (χ0) is 11.1. The van der Waals surface area contributed by atoms with E-state index in [0.29, 0.717) is 24.9 Å². The van der Waals surface area contributed by atoms with Crippen LogP contribution in [0.3, 0.4) is 0 Å². The maximum Gasteiger partial charge on any atom is 0.323 e. The molecule has 0 heterocycles. The van der Waals surface area contributed by atoms with Gasteiger partial charge in [-0.15, -0.1) is 0 Å². The number of carboxylic acid groups (broad SMARTS) is 1. The van der Waals surface area contributed by atoms with Gasteiger partial charge < -0.3 is 15.7 Å². The molecule has 0 radical (unpaired) electrons. The summed E-state index contributed by atoms with van der Waals surface area (Å²) >= 11 is 0. The van der Waals surface area contributed by atoms with Crippen LogP contribution in [-0.2, 0) is 4.79 Å². The first kappa shape index (κ1) is 10.9. The van der Waals surface area contributed by atoms with Crippen LogP contribution < -0.4 is 5.73 Å². The van der Waals surface area contributed by atoms with Crippen molar-refractivity contribution in [3.63, 3.8) is 0 Å². The van der Waals surface area contributed by atoms with E-state index in [4.69, 9.17) is 10.8 Å². The molecular formula is C11H20N2O2. The van der Waals surface area contributed by atoms with Crippen molar-refractivity contribution >= 4 is 5.97 Å². The Hall–Kier alpha value is -0.610. The van der Waals surface area contributed by atoms with Crippen molar-refractivity contribution in [2.24, 2.45) is 5.73 Å². The van der Waals surface area contributed by atoms with Crippen molar-refractivity contribution in [3.8, 4) is 0 Å². The van der Waals surface area contributed by atoms with Crippen LogP contribution in [0.5, 0.6) is 0 Å². The van der Waals surface area contributed by atoms with Gasteiger partial charge in [-0.2, -0.15) is 0 Å². The van der Waals surface area contributed by atoms with E-state index in [1.54, 1.807) is 0 Å². The summed E-state index contributed by atoms with van der Waals surface area (Å²) < 4.78 is 0. The summed E-state index contributed by atoms with van der Waals surface area (Å²) in [6, 6.07) is 1.05. The molecule has 2 aliphatic rings. The van der Waals surface area contributed by atoms with E-state index >= 15 is 0 Å². The third kappa shape index (κ3) is 2.16. The second-order valence-corrected chi connectivity index (χ2v) is 5.11. The predicted molar refractivity (Wildman–Crippen MR) is 57.6 cm³/mol. The molecule has 15 heavy (non-hydrogen) atoms. The van der Waals surface area contributed by atoms with Crippen molar-refractivity contribution in [1.29, 1.82) is 0 Å². The van der Waals surface area contributed by atoms with Crippen molar-refractivity contribution in [1.82, 2.24) is 4.90 Å². The third-order valence-corrected chi connectivity index (χ3v) is 3.88. The molecule has 3 N–H and O–H groups in total. The Kier molecular flexibility index (Phi) is 2.73. The minimum absolute atomic E-state index is 0.368. The lowest BCUT2D eigenvalue weighted by atomic mass is 9.79. The molecule has 2 rings (SSSR count). The second kappa shape index (κ2) is 3.76. The van der Waals surface area contributed by atoms with Crippen molar-refractivity contribution < 1.29 is 9.90 Å². The highest BCUT2D eigenvalue weighted by atomic mass is 16.4. The van der Waals surface area contributed by atoms with Gasteiger partial charge in [0.2, 0.25) is 0 Å². The van der Waals surface area contributed by atoms with E-state index in [1.807, 2.05) is 0 Å².